The zero-order valence-corrected chi connectivity index (χ0v) is 24.3. The van der Waals surface area contributed by atoms with Gasteiger partial charge in [-0.3, -0.25) is 14.5 Å². The number of carbonyl (C=O) groups excluding carboxylic acids is 2. The molecule has 2 heterocycles. The summed E-state index contributed by atoms with van der Waals surface area (Å²) in [7, 11) is 4.70. The van der Waals surface area contributed by atoms with Crippen molar-refractivity contribution in [2.45, 2.75) is 5.25 Å². The molecule has 1 N–H and O–H groups in total. The molecule has 9 nitrogen and oxygen atoms in total. The van der Waals surface area contributed by atoms with Crippen molar-refractivity contribution in [3.05, 3.63) is 89.7 Å². The van der Waals surface area contributed by atoms with Gasteiger partial charge in [-0.05, 0) is 42.0 Å². The molecule has 1 aliphatic heterocycles. The molecule has 4 aromatic rings. The normalized spacial score (nSPS) is 14.7. The smallest absolute Gasteiger partial charge is 0.240 e. The van der Waals surface area contributed by atoms with E-state index in [4.69, 9.17) is 19.3 Å². The highest BCUT2D eigenvalue weighted by molar-refractivity contribution is 8.00. The average Bonchev–Trinajstić information content (AvgIpc) is 3.34. The molecule has 11 heteroatoms. The van der Waals surface area contributed by atoms with Crippen LogP contribution in [0.4, 0.5) is 10.2 Å². The van der Waals surface area contributed by atoms with Crippen molar-refractivity contribution in [1.29, 1.82) is 0 Å². The number of rotatable bonds is 10. The van der Waals surface area contributed by atoms with Crippen LogP contribution < -0.4 is 19.7 Å². The molecule has 0 radical (unpaired) electrons. The van der Waals surface area contributed by atoms with Crippen LogP contribution in [-0.4, -0.2) is 68.4 Å². The number of anilines is 1. The second kappa shape index (κ2) is 13.1. The van der Waals surface area contributed by atoms with E-state index in [0.29, 0.717) is 41.8 Å². The van der Waals surface area contributed by atoms with E-state index < -0.39 is 5.82 Å². The maximum Gasteiger partial charge on any atom is 0.240 e. The highest BCUT2D eigenvalue weighted by Crippen LogP contribution is 2.49. The zero-order valence-electron chi connectivity index (χ0n) is 23.5. The summed E-state index contributed by atoms with van der Waals surface area (Å²) in [5.41, 5.74) is 3.64. The van der Waals surface area contributed by atoms with Gasteiger partial charge in [-0.1, -0.05) is 36.4 Å². The van der Waals surface area contributed by atoms with Crippen LogP contribution in [-0.2, 0) is 14.3 Å². The molecule has 42 heavy (non-hydrogen) atoms. The number of fused-ring (bicyclic) bond motifs is 1. The van der Waals surface area contributed by atoms with Crippen LogP contribution in [0.25, 0.3) is 16.9 Å². The van der Waals surface area contributed by atoms with Crippen LogP contribution >= 0.6 is 11.8 Å². The molecule has 1 unspecified atom stereocenters. The second-order valence-electron chi connectivity index (χ2n) is 9.47. The Morgan fingerprint density at radius 3 is 2.45 bits per heavy atom. The fourth-order valence-corrected chi connectivity index (χ4v) is 6.05. The minimum Gasteiger partial charge on any atom is -0.493 e. The summed E-state index contributed by atoms with van der Waals surface area (Å²) in [6.07, 6.45) is 0. The van der Waals surface area contributed by atoms with Gasteiger partial charge in [0.25, 0.3) is 0 Å². The van der Waals surface area contributed by atoms with Crippen molar-refractivity contribution < 1.29 is 28.2 Å². The number of aromatic nitrogens is 2. The predicted molar refractivity (Wildman–Crippen MR) is 160 cm³/mol. The van der Waals surface area contributed by atoms with E-state index in [9.17, 15) is 14.0 Å². The molecule has 3 aromatic carbocycles. The van der Waals surface area contributed by atoms with Gasteiger partial charge in [-0.25, -0.2) is 9.07 Å². The topological polar surface area (TPSA) is 94.9 Å². The lowest BCUT2D eigenvalue weighted by Crippen LogP contribution is -2.43. The van der Waals surface area contributed by atoms with Crippen molar-refractivity contribution in [3.63, 3.8) is 0 Å². The van der Waals surface area contributed by atoms with Crippen molar-refractivity contribution in [2.75, 3.05) is 51.7 Å². The molecule has 0 saturated carbocycles. The Kier molecular flexibility index (Phi) is 9.09. The molecule has 0 fully saturated rings. The molecular weight excluding hydrogens is 559 g/mol. The van der Waals surface area contributed by atoms with Gasteiger partial charge in [0.2, 0.25) is 11.8 Å². The van der Waals surface area contributed by atoms with Crippen LogP contribution in [0.2, 0.25) is 0 Å². The minimum absolute atomic E-state index is 0.108. The lowest BCUT2D eigenvalue weighted by atomic mass is 9.99. The molecule has 1 atom stereocenters. The monoisotopic (exact) mass is 590 g/mol. The van der Waals surface area contributed by atoms with Gasteiger partial charge in [-0.15, -0.1) is 11.8 Å². The minimum atomic E-state index is -0.399. The maximum atomic E-state index is 14.0. The lowest BCUT2D eigenvalue weighted by molar-refractivity contribution is -0.123. The summed E-state index contributed by atoms with van der Waals surface area (Å²) < 4.78 is 31.7. The van der Waals surface area contributed by atoms with Crippen LogP contribution in [0.5, 0.6) is 11.5 Å². The highest BCUT2D eigenvalue weighted by atomic mass is 32.2. The number of nitrogens with one attached hydrogen (secondary N) is 1. The number of thioether (sulfide) groups is 1. The fourth-order valence-electron chi connectivity index (χ4n) is 4.86. The molecule has 5 rings (SSSR count). The quantitative estimate of drug-likeness (QED) is 0.269. The molecule has 0 saturated heterocycles. The first kappa shape index (κ1) is 29.2. The molecule has 1 aromatic heterocycles. The molecule has 0 spiro atoms. The van der Waals surface area contributed by atoms with E-state index >= 15 is 0 Å². The first-order chi connectivity index (χ1) is 20.4. The standard InChI is InChI=1S/C31H31FN4O5S/c1-39-16-15-33-26(37)18-35-27(38)19-42-30(21-9-14-24(40-2)25(17-21)41-3)28-29(20-7-5-4-6-8-20)34-36(31(28)35)23-12-10-22(32)11-13-23/h4-14,17,30H,15-16,18-19H2,1-3H3,(H,33,37). The number of halogens is 1. The second-order valence-corrected chi connectivity index (χ2v) is 10.6. The van der Waals surface area contributed by atoms with Crippen LogP contribution in [0.1, 0.15) is 16.4 Å². The number of amides is 2. The number of nitrogens with zero attached hydrogens (tertiary/aromatic N) is 3. The van der Waals surface area contributed by atoms with Gasteiger partial charge in [0.15, 0.2) is 11.5 Å². The van der Waals surface area contributed by atoms with Gasteiger partial charge in [0, 0.05) is 24.8 Å². The summed E-state index contributed by atoms with van der Waals surface area (Å²) in [6, 6.07) is 21.2. The third kappa shape index (κ3) is 5.97. The van der Waals surface area contributed by atoms with Crippen LogP contribution in [0.15, 0.2) is 72.8 Å². The summed E-state index contributed by atoms with van der Waals surface area (Å²) in [4.78, 5) is 28.3. The Bertz CT molecular complexity index is 1560. The summed E-state index contributed by atoms with van der Waals surface area (Å²) in [5, 5.41) is 7.44. The SMILES string of the molecule is COCCNC(=O)CN1C(=O)CSC(c2ccc(OC)c(OC)c2)c2c(-c3ccccc3)nn(-c3ccc(F)cc3)c21. The molecule has 0 bridgehead atoms. The Morgan fingerprint density at radius 2 is 1.76 bits per heavy atom. The molecule has 218 valence electrons. The number of methoxy groups -OCH3 is 3. The van der Waals surface area contributed by atoms with E-state index in [0.717, 1.165) is 16.7 Å². The molecular formula is C31H31FN4O5S. The number of ether oxygens (including phenoxy) is 3. The fraction of sp³-hybridized carbons (Fsp3) is 0.258. The van der Waals surface area contributed by atoms with Gasteiger partial charge in [-0.2, -0.15) is 5.10 Å². The zero-order chi connectivity index (χ0) is 29.6. The molecule has 2 amide bonds. The largest absolute Gasteiger partial charge is 0.493 e. The number of hydrogen-bond donors (Lipinski definition) is 1. The van der Waals surface area contributed by atoms with Crippen molar-refractivity contribution in [3.8, 4) is 28.4 Å². The Hall–Kier alpha value is -4.35. The van der Waals surface area contributed by atoms with E-state index in [2.05, 4.69) is 5.32 Å². The summed E-state index contributed by atoms with van der Waals surface area (Å²) >= 11 is 1.44. The van der Waals surface area contributed by atoms with Gasteiger partial charge in [0.1, 0.15) is 18.2 Å². The highest BCUT2D eigenvalue weighted by Gasteiger charge is 2.38. The third-order valence-electron chi connectivity index (χ3n) is 6.85. The molecule has 1 aliphatic rings. The van der Waals surface area contributed by atoms with Crippen LogP contribution in [0.3, 0.4) is 0 Å². The third-order valence-corrected chi connectivity index (χ3v) is 8.10. The van der Waals surface area contributed by atoms with Gasteiger partial charge >= 0.3 is 0 Å². The first-order valence-electron chi connectivity index (χ1n) is 13.3. The summed E-state index contributed by atoms with van der Waals surface area (Å²) in [6.45, 7) is 0.420. The Morgan fingerprint density at radius 1 is 1.02 bits per heavy atom. The maximum absolute atomic E-state index is 14.0. The van der Waals surface area contributed by atoms with E-state index in [-0.39, 0.29) is 29.4 Å². The van der Waals surface area contributed by atoms with E-state index in [1.54, 1.807) is 38.1 Å². The lowest BCUT2D eigenvalue weighted by Gasteiger charge is -2.23. The van der Waals surface area contributed by atoms with Crippen LogP contribution in [0, 0.1) is 5.82 Å². The van der Waals surface area contributed by atoms with Gasteiger partial charge < -0.3 is 19.5 Å². The van der Waals surface area contributed by atoms with Gasteiger partial charge in [0.05, 0.1) is 43.2 Å². The van der Waals surface area contributed by atoms with E-state index in [1.165, 1.54) is 28.8 Å². The Balaban J connectivity index is 1.75. The average molecular weight is 591 g/mol. The number of benzene rings is 3. The van der Waals surface area contributed by atoms with E-state index in [1.807, 2.05) is 48.5 Å². The number of carbonyl (C=O) groups is 2. The van der Waals surface area contributed by atoms with Crippen molar-refractivity contribution in [2.24, 2.45) is 0 Å². The Labute approximate surface area is 247 Å². The van der Waals surface area contributed by atoms with Crippen molar-refractivity contribution >= 4 is 29.4 Å². The predicted octanol–water partition coefficient (Wildman–Crippen LogP) is 4.63. The van der Waals surface area contributed by atoms with Crippen molar-refractivity contribution in [1.82, 2.24) is 15.1 Å². The number of hydrogen-bond acceptors (Lipinski definition) is 7. The molecule has 0 aliphatic carbocycles. The first-order valence-corrected chi connectivity index (χ1v) is 14.3. The summed E-state index contributed by atoms with van der Waals surface area (Å²) in [5.74, 6) is 0.686.